The van der Waals surface area contributed by atoms with Crippen LogP contribution in [-0.2, 0) is 6.61 Å². The van der Waals surface area contributed by atoms with Gasteiger partial charge in [-0.1, -0.05) is 24.0 Å². The molecular weight excluding hydrogens is 396 g/mol. The highest BCUT2D eigenvalue weighted by molar-refractivity contribution is 7.13. The van der Waals surface area contributed by atoms with E-state index in [0.717, 1.165) is 21.5 Å². The Balaban J connectivity index is 1.88. The molecule has 0 spiro atoms. The lowest BCUT2D eigenvalue weighted by atomic mass is 10.1. The molecule has 3 aromatic heterocycles. The van der Waals surface area contributed by atoms with Crippen LogP contribution in [-0.4, -0.2) is 20.7 Å². The zero-order valence-electron chi connectivity index (χ0n) is 16.6. The fraction of sp³-hybridized carbons (Fsp3) is 0.167. The lowest BCUT2D eigenvalue weighted by molar-refractivity contribution is 0.143. The Morgan fingerprint density at radius 2 is 2.07 bits per heavy atom. The van der Waals surface area contributed by atoms with E-state index in [0.29, 0.717) is 16.8 Å². The number of hydrogen-bond acceptors (Lipinski definition) is 5. The van der Waals surface area contributed by atoms with Crippen molar-refractivity contribution in [3.8, 4) is 28.0 Å². The Kier molecular flexibility index (Phi) is 5.40. The third-order valence-corrected chi connectivity index (χ3v) is 5.22. The Bertz CT molecular complexity index is 1290. The number of ether oxygens (including phenoxy) is 1. The number of aliphatic hydroxyl groups is 1. The molecule has 0 radical (unpaired) electrons. The molecule has 1 aromatic carbocycles. The van der Waals surface area contributed by atoms with Crippen LogP contribution in [0.25, 0.3) is 21.3 Å². The number of hydrogen-bond donors (Lipinski definition) is 2. The second kappa shape index (κ2) is 8.15. The van der Waals surface area contributed by atoms with E-state index in [4.69, 9.17) is 4.74 Å². The highest BCUT2D eigenvalue weighted by atomic mass is 32.1. The molecule has 30 heavy (non-hydrogen) atoms. The molecule has 6 heteroatoms. The highest BCUT2D eigenvalue weighted by Gasteiger charge is 2.18. The summed E-state index contributed by atoms with van der Waals surface area (Å²) >= 11 is 1.48. The van der Waals surface area contributed by atoms with Gasteiger partial charge in [-0.15, -0.1) is 11.3 Å². The summed E-state index contributed by atoms with van der Waals surface area (Å²) in [4.78, 5) is 21.0. The zero-order chi connectivity index (χ0) is 21.1. The first-order valence-corrected chi connectivity index (χ1v) is 10.3. The lowest BCUT2D eigenvalue weighted by Crippen LogP contribution is -2.14. The molecule has 5 nitrogen and oxygen atoms in total. The third kappa shape index (κ3) is 4.43. The van der Waals surface area contributed by atoms with Crippen molar-refractivity contribution in [2.24, 2.45) is 0 Å². The van der Waals surface area contributed by atoms with E-state index < -0.39 is 5.60 Å². The van der Waals surface area contributed by atoms with Crippen molar-refractivity contribution in [2.45, 2.75) is 26.1 Å². The van der Waals surface area contributed by atoms with Crippen LogP contribution in [0, 0.1) is 11.8 Å². The molecule has 4 rings (SSSR count). The molecule has 0 saturated heterocycles. The minimum atomic E-state index is -1.10. The molecule has 0 amide bonds. The van der Waals surface area contributed by atoms with Gasteiger partial charge in [0.05, 0.1) is 16.8 Å². The molecule has 0 aliphatic carbocycles. The zero-order valence-corrected chi connectivity index (χ0v) is 17.4. The molecule has 0 saturated carbocycles. The Hall–Kier alpha value is -3.40. The number of nitrogens with zero attached hydrogens (tertiary/aromatic N) is 1. The van der Waals surface area contributed by atoms with Crippen molar-refractivity contribution in [1.29, 1.82) is 0 Å². The fourth-order valence-corrected chi connectivity index (χ4v) is 3.75. The van der Waals surface area contributed by atoms with Gasteiger partial charge in [0, 0.05) is 22.0 Å². The number of pyridine rings is 2. The normalized spacial score (nSPS) is 11.2. The molecule has 0 bridgehead atoms. The van der Waals surface area contributed by atoms with E-state index in [2.05, 4.69) is 21.8 Å². The monoisotopic (exact) mass is 416 g/mol. The predicted octanol–water partition coefficient (Wildman–Crippen LogP) is 4.35. The van der Waals surface area contributed by atoms with Crippen molar-refractivity contribution in [1.82, 2.24) is 9.97 Å². The summed E-state index contributed by atoms with van der Waals surface area (Å²) in [7, 11) is 0. The number of aromatic nitrogens is 2. The minimum Gasteiger partial charge on any atom is -0.486 e. The second-order valence-corrected chi connectivity index (χ2v) is 8.26. The molecule has 0 unspecified atom stereocenters. The van der Waals surface area contributed by atoms with Crippen LogP contribution < -0.4 is 10.3 Å². The largest absolute Gasteiger partial charge is 0.486 e. The van der Waals surface area contributed by atoms with E-state index >= 15 is 0 Å². The van der Waals surface area contributed by atoms with Crippen LogP contribution in [0.3, 0.4) is 0 Å². The summed E-state index contributed by atoms with van der Waals surface area (Å²) in [5.41, 5.74) is 1.32. The maximum atomic E-state index is 12.9. The molecule has 0 aliphatic rings. The predicted molar refractivity (Wildman–Crippen MR) is 120 cm³/mol. The van der Waals surface area contributed by atoms with Gasteiger partial charge in [0.2, 0.25) is 0 Å². The minimum absolute atomic E-state index is 0.212. The van der Waals surface area contributed by atoms with Gasteiger partial charge in [-0.25, -0.2) is 0 Å². The van der Waals surface area contributed by atoms with Crippen molar-refractivity contribution < 1.29 is 9.84 Å². The van der Waals surface area contributed by atoms with Crippen LogP contribution in [0.15, 0.2) is 64.9 Å². The van der Waals surface area contributed by atoms with Gasteiger partial charge in [-0.05, 0) is 55.6 Å². The summed E-state index contributed by atoms with van der Waals surface area (Å²) in [6.45, 7) is 3.50. The first-order chi connectivity index (χ1) is 14.4. The van der Waals surface area contributed by atoms with Crippen LogP contribution in [0.2, 0.25) is 0 Å². The number of benzene rings is 1. The van der Waals surface area contributed by atoms with E-state index in [9.17, 15) is 9.90 Å². The summed E-state index contributed by atoms with van der Waals surface area (Å²) in [5.74, 6) is 6.30. The van der Waals surface area contributed by atoms with E-state index in [1.54, 1.807) is 26.1 Å². The number of aromatic amines is 1. The Morgan fingerprint density at radius 1 is 1.20 bits per heavy atom. The standard InChI is InChI=1S/C24H20N2O3S/c1-24(2,28)11-10-16-8-9-19-18(14-16)22(29-15-17-6-3-4-12-25-17)21(23(27)26-19)20-7-5-13-30-20/h3-9,12-14,28H,15H2,1-2H3,(H,26,27). The average molecular weight is 417 g/mol. The van der Waals surface area contributed by atoms with E-state index in [-0.39, 0.29) is 12.2 Å². The Morgan fingerprint density at radius 3 is 2.77 bits per heavy atom. The van der Waals surface area contributed by atoms with Gasteiger partial charge in [-0.3, -0.25) is 9.78 Å². The van der Waals surface area contributed by atoms with Crippen molar-refractivity contribution >= 4 is 22.2 Å². The number of nitrogens with one attached hydrogen (secondary N) is 1. The molecule has 3 heterocycles. The topological polar surface area (TPSA) is 75.2 Å². The van der Waals surface area contributed by atoms with Crippen LogP contribution in [0.4, 0.5) is 0 Å². The van der Waals surface area contributed by atoms with Gasteiger partial charge >= 0.3 is 0 Å². The van der Waals surface area contributed by atoms with Crippen molar-refractivity contribution in [2.75, 3.05) is 0 Å². The summed E-state index contributed by atoms with van der Waals surface area (Å²) < 4.78 is 6.17. The van der Waals surface area contributed by atoms with E-state index in [1.165, 1.54) is 11.3 Å². The first kappa shape index (κ1) is 19.9. The van der Waals surface area contributed by atoms with Crippen molar-refractivity contribution in [3.05, 3.63) is 81.7 Å². The maximum absolute atomic E-state index is 12.9. The van der Waals surface area contributed by atoms with Crippen molar-refractivity contribution in [3.63, 3.8) is 0 Å². The van der Waals surface area contributed by atoms with Crippen LogP contribution in [0.5, 0.6) is 5.75 Å². The lowest BCUT2D eigenvalue weighted by Gasteiger charge is -2.13. The Labute approximate surface area is 178 Å². The van der Waals surface area contributed by atoms with E-state index in [1.807, 2.05) is 47.8 Å². The number of rotatable bonds is 4. The molecule has 0 atom stereocenters. The molecule has 0 aliphatic heterocycles. The smallest absolute Gasteiger partial charge is 0.260 e. The molecular formula is C24H20N2O3S. The molecule has 2 N–H and O–H groups in total. The number of fused-ring (bicyclic) bond motifs is 1. The third-order valence-electron chi connectivity index (χ3n) is 4.34. The molecule has 4 aromatic rings. The van der Waals surface area contributed by atoms with Gasteiger partial charge in [0.1, 0.15) is 18.0 Å². The van der Waals surface area contributed by atoms with Crippen LogP contribution in [0.1, 0.15) is 25.1 Å². The first-order valence-electron chi connectivity index (χ1n) is 9.43. The summed E-state index contributed by atoms with van der Waals surface area (Å²) in [6.07, 6.45) is 1.71. The molecule has 150 valence electrons. The summed E-state index contributed by atoms with van der Waals surface area (Å²) in [6, 6.07) is 14.9. The second-order valence-electron chi connectivity index (χ2n) is 7.31. The quantitative estimate of drug-likeness (QED) is 0.485. The SMILES string of the molecule is CC(C)(O)C#Cc1ccc2[nH]c(=O)c(-c3cccs3)c(OCc3ccccn3)c2c1. The van der Waals surface area contributed by atoms with Gasteiger partial charge < -0.3 is 14.8 Å². The molecule has 0 fully saturated rings. The average Bonchev–Trinajstić information content (AvgIpc) is 3.24. The number of thiophene rings is 1. The maximum Gasteiger partial charge on any atom is 0.260 e. The van der Waals surface area contributed by atoms with Gasteiger partial charge in [0.25, 0.3) is 5.56 Å². The van der Waals surface area contributed by atoms with Gasteiger partial charge in [0.15, 0.2) is 0 Å². The van der Waals surface area contributed by atoms with Gasteiger partial charge in [-0.2, -0.15) is 0 Å². The summed E-state index contributed by atoms with van der Waals surface area (Å²) in [5, 5.41) is 12.6. The number of H-pyrrole nitrogens is 1. The fourth-order valence-electron chi connectivity index (χ4n) is 2.99. The van der Waals surface area contributed by atoms with Crippen LogP contribution >= 0.6 is 11.3 Å². The highest BCUT2D eigenvalue weighted by Crippen LogP contribution is 2.36.